The van der Waals surface area contributed by atoms with Gasteiger partial charge >= 0.3 is 6.18 Å². The third-order valence-electron chi connectivity index (χ3n) is 2.22. The van der Waals surface area contributed by atoms with Crippen LogP contribution in [0.3, 0.4) is 0 Å². The summed E-state index contributed by atoms with van der Waals surface area (Å²) in [7, 11) is 0. The molecule has 0 bridgehead atoms. The molecule has 0 saturated carbocycles. The molecule has 3 nitrogen and oxygen atoms in total. The molecule has 19 heavy (non-hydrogen) atoms. The van der Waals surface area contributed by atoms with Crippen LogP contribution in [0.2, 0.25) is 0 Å². The number of nitrogens with zero attached hydrogens (tertiary/aromatic N) is 1. The molecule has 0 aliphatic heterocycles. The van der Waals surface area contributed by atoms with Crippen molar-refractivity contribution < 1.29 is 27.4 Å². The Kier molecular flexibility index (Phi) is 3.28. The molecule has 2 rings (SSSR count). The molecule has 0 radical (unpaired) electrons. The monoisotopic (exact) mass is 273 g/mol. The van der Waals surface area contributed by atoms with E-state index in [2.05, 4.69) is 4.98 Å². The lowest BCUT2D eigenvalue weighted by molar-refractivity contribution is -0.137. The van der Waals surface area contributed by atoms with E-state index in [-0.39, 0.29) is 5.88 Å². The summed E-state index contributed by atoms with van der Waals surface area (Å²) in [4.78, 5) is 3.40. The van der Waals surface area contributed by atoms with E-state index in [1.807, 2.05) is 0 Å². The Labute approximate surface area is 105 Å². The van der Waals surface area contributed by atoms with E-state index in [1.54, 1.807) is 0 Å². The molecule has 0 amide bonds. The highest BCUT2D eigenvalue weighted by molar-refractivity contribution is 5.41. The first-order valence-corrected chi connectivity index (χ1v) is 5.06. The number of para-hydroxylation sites is 1. The van der Waals surface area contributed by atoms with Crippen molar-refractivity contribution in [2.75, 3.05) is 0 Å². The van der Waals surface area contributed by atoms with Crippen LogP contribution in [0, 0.1) is 5.82 Å². The summed E-state index contributed by atoms with van der Waals surface area (Å²) < 4.78 is 55.1. The summed E-state index contributed by atoms with van der Waals surface area (Å²) >= 11 is 0. The second kappa shape index (κ2) is 4.75. The van der Waals surface area contributed by atoms with E-state index in [1.165, 1.54) is 12.1 Å². The number of aromatic nitrogens is 1. The summed E-state index contributed by atoms with van der Waals surface area (Å²) in [6.45, 7) is 0. The van der Waals surface area contributed by atoms with Gasteiger partial charge in [0.05, 0.1) is 5.56 Å². The number of pyridine rings is 1. The molecule has 0 unspecified atom stereocenters. The number of rotatable bonds is 2. The van der Waals surface area contributed by atoms with Crippen molar-refractivity contribution >= 4 is 0 Å². The van der Waals surface area contributed by atoms with Crippen molar-refractivity contribution in [2.45, 2.75) is 6.18 Å². The highest BCUT2D eigenvalue weighted by Crippen LogP contribution is 2.33. The van der Waals surface area contributed by atoms with E-state index in [0.29, 0.717) is 6.20 Å². The lowest BCUT2D eigenvalue weighted by Gasteiger charge is -2.09. The first-order valence-electron chi connectivity index (χ1n) is 5.06. The number of phenols is 1. The van der Waals surface area contributed by atoms with Gasteiger partial charge in [-0.2, -0.15) is 13.2 Å². The molecule has 7 heteroatoms. The van der Waals surface area contributed by atoms with Crippen molar-refractivity contribution in [1.82, 2.24) is 4.98 Å². The Morgan fingerprint density at radius 1 is 1.11 bits per heavy atom. The van der Waals surface area contributed by atoms with E-state index in [9.17, 15) is 22.7 Å². The Balaban J connectivity index is 2.25. The Bertz CT molecular complexity index is 561. The maximum absolute atomic E-state index is 13.3. The van der Waals surface area contributed by atoms with E-state index < -0.39 is 29.1 Å². The van der Waals surface area contributed by atoms with Gasteiger partial charge in [0.15, 0.2) is 11.6 Å². The summed E-state index contributed by atoms with van der Waals surface area (Å²) in [5, 5.41) is 9.36. The van der Waals surface area contributed by atoms with Crippen LogP contribution >= 0.6 is 0 Å². The Morgan fingerprint density at radius 3 is 2.37 bits per heavy atom. The van der Waals surface area contributed by atoms with Crippen molar-refractivity contribution in [3.63, 3.8) is 0 Å². The fraction of sp³-hybridized carbons (Fsp3) is 0.0833. The number of benzene rings is 1. The average Bonchev–Trinajstić information content (AvgIpc) is 2.33. The number of ether oxygens (including phenoxy) is 1. The second-order valence-corrected chi connectivity index (χ2v) is 3.57. The van der Waals surface area contributed by atoms with Crippen molar-refractivity contribution in [3.05, 3.63) is 47.9 Å². The molecule has 0 atom stereocenters. The molecule has 0 spiro atoms. The minimum absolute atomic E-state index is 0.256. The van der Waals surface area contributed by atoms with Gasteiger partial charge in [-0.1, -0.05) is 6.07 Å². The molecule has 0 fully saturated rings. The fourth-order valence-corrected chi connectivity index (χ4v) is 1.31. The molecular weight excluding hydrogens is 266 g/mol. The molecule has 1 N–H and O–H groups in total. The number of halogens is 4. The highest BCUT2D eigenvalue weighted by atomic mass is 19.4. The maximum Gasteiger partial charge on any atom is 0.417 e. The molecule has 100 valence electrons. The van der Waals surface area contributed by atoms with Gasteiger partial charge < -0.3 is 9.84 Å². The molecule has 2 aromatic rings. The molecular formula is C12H7F4NO2. The number of hydrogen-bond acceptors (Lipinski definition) is 3. The quantitative estimate of drug-likeness (QED) is 0.847. The van der Waals surface area contributed by atoms with Crippen molar-refractivity contribution in [3.8, 4) is 17.4 Å². The third kappa shape index (κ3) is 2.93. The molecule has 1 aromatic heterocycles. The van der Waals surface area contributed by atoms with Gasteiger partial charge in [-0.15, -0.1) is 0 Å². The highest BCUT2D eigenvalue weighted by Gasteiger charge is 2.30. The molecule has 0 saturated heterocycles. The number of aromatic hydroxyl groups is 1. The van der Waals surface area contributed by atoms with Crippen LogP contribution in [0.15, 0.2) is 36.5 Å². The van der Waals surface area contributed by atoms with Crippen LogP contribution < -0.4 is 4.74 Å². The number of phenolic OH excluding ortho intramolecular Hbond substituents is 1. The van der Waals surface area contributed by atoms with Gasteiger partial charge in [-0.25, -0.2) is 9.37 Å². The average molecular weight is 273 g/mol. The minimum atomic E-state index is -4.51. The van der Waals surface area contributed by atoms with Crippen LogP contribution in [0.25, 0.3) is 0 Å². The van der Waals surface area contributed by atoms with Crippen LogP contribution in [0.4, 0.5) is 17.6 Å². The lowest BCUT2D eigenvalue weighted by atomic mass is 10.3. The number of alkyl halides is 3. The van der Waals surface area contributed by atoms with Crippen LogP contribution in [0.5, 0.6) is 17.4 Å². The zero-order valence-corrected chi connectivity index (χ0v) is 9.28. The largest absolute Gasteiger partial charge is 0.504 e. The fourth-order valence-electron chi connectivity index (χ4n) is 1.31. The van der Waals surface area contributed by atoms with Crippen molar-refractivity contribution in [1.29, 1.82) is 0 Å². The van der Waals surface area contributed by atoms with Gasteiger partial charge in [0, 0.05) is 12.3 Å². The summed E-state index contributed by atoms with van der Waals surface area (Å²) in [6, 6.07) is 5.17. The minimum Gasteiger partial charge on any atom is -0.504 e. The maximum atomic E-state index is 13.3. The van der Waals surface area contributed by atoms with Crippen LogP contribution in [0.1, 0.15) is 5.56 Å². The van der Waals surface area contributed by atoms with Gasteiger partial charge in [0.2, 0.25) is 11.6 Å². The predicted octanol–water partition coefficient (Wildman–Crippen LogP) is 3.74. The smallest absolute Gasteiger partial charge is 0.417 e. The molecule has 1 heterocycles. The lowest BCUT2D eigenvalue weighted by Crippen LogP contribution is -2.05. The third-order valence-corrected chi connectivity index (χ3v) is 2.22. The molecule has 0 aliphatic carbocycles. The molecule has 0 aliphatic rings. The van der Waals surface area contributed by atoms with E-state index >= 15 is 0 Å². The Hall–Kier alpha value is -2.31. The van der Waals surface area contributed by atoms with Crippen LogP contribution in [-0.2, 0) is 6.18 Å². The van der Waals surface area contributed by atoms with Gasteiger partial charge in [-0.05, 0) is 18.2 Å². The summed E-state index contributed by atoms with van der Waals surface area (Å²) in [5.74, 6) is -2.06. The first kappa shape index (κ1) is 13.1. The van der Waals surface area contributed by atoms with Crippen LogP contribution in [-0.4, -0.2) is 10.1 Å². The van der Waals surface area contributed by atoms with Gasteiger partial charge in [-0.3, -0.25) is 0 Å². The first-order chi connectivity index (χ1) is 8.88. The molecule has 1 aromatic carbocycles. The summed E-state index contributed by atoms with van der Waals surface area (Å²) in [6.07, 6.45) is -3.95. The number of hydrogen-bond donors (Lipinski definition) is 1. The zero-order valence-electron chi connectivity index (χ0n) is 9.28. The topological polar surface area (TPSA) is 42.4 Å². The van der Waals surface area contributed by atoms with Crippen molar-refractivity contribution in [2.24, 2.45) is 0 Å². The summed E-state index contributed by atoms with van der Waals surface area (Å²) in [5.41, 5.74) is -0.947. The van der Waals surface area contributed by atoms with E-state index in [0.717, 1.165) is 18.2 Å². The van der Waals surface area contributed by atoms with Gasteiger partial charge in [0.1, 0.15) is 0 Å². The zero-order chi connectivity index (χ0) is 14.0. The van der Waals surface area contributed by atoms with Gasteiger partial charge in [0.25, 0.3) is 0 Å². The SMILES string of the molecule is Oc1cccc(F)c1Oc1ccc(C(F)(F)F)cn1. The standard InChI is InChI=1S/C12H7F4NO2/c13-8-2-1-3-9(18)11(8)19-10-5-4-7(6-17-10)12(14,15)16/h1-6,18H. The second-order valence-electron chi connectivity index (χ2n) is 3.57. The van der Waals surface area contributed by atoms with E-state index in [4.69, 9.17) is 4.74 Å². The predicted molar refractivity (Wildman–Crippen MR) is 57.4 cm³/mol. The normalized spacial score (nSPS) is 11.4. The Morgan fingerprint density at radius 2 is 1.84 bits per heavy atom.